The summed E-state index contributed by atoms with van der Waals surface area (Å²) in [5.74, 6) is 0.210. The quantitative estimate of drug-likeness (QED) is 0.730. The molecule has 0 atom stereocenters. The molecule has 0 amide bonds. The molecule has 3 heteroatoms. The third kappa shape index (κ3) is 1.21. The van der Waals surface area contributed by atoms with E-state index in [2.05, 4.69) is 0 Å². The van der Waals surface area contributed by atoms with Crippen molar-refractivity contribution in [3.05, 3.63) is 35.3 Å². The van der Waals surface area contributed by atoms with Crippen molar-refractivity contribution in [2.24, 2.45) is 0 Å². The first-order chi connectivity index (χ1) is 6.22. The van der Waals surface area contributed by atoms with Gasteiger partial charge in [-0.15, -0.1) is 0 Å². The number of aliphatic hydroxyl groups excluding tert-OH is 1. The highest BCUT2D eigenvalue weighted by atomic mass is 19.1. The molecule has 1 heterocycles. The van der Waals surface area contributed by atoms with Crippen LogP contribution in [0.5, 0.6) is 0 Å². The molecule has 2 aromatic rings. The highest BCUT2D eigenvalue weighted by molar-refractivity contribution is 5.81. The Bertz CT molecular complexity index is 445. The van der Waals surface area contributed by atoms with Crippen LogP contribution in [0, 0.1) is 12.7 Å². The summed E-state index contributed by atoms with van der Waals surface area (Å²) in [6, 6.07) is 4.32. The molecule has 13 heavy (non-hydrogen) atoms. The molecule has 2 nitrogen and oxygen atoms in total. The second-order valence-electron chi connectivity index (χ2n) is 2.95. The summed E-state index contributed by atoms with van der Waals surface area (Å²) in [5, 5.41) is 9.63. The number of rotatable bonds is 1. The van der Waals surface area contributed by atoms with Gasteiger partial charge >= 0.3 is 0 Å². The average Bonchev–Trinajstić information content (AvgIpc) is 2.44. The van der Waals surface area contributed by atoms with Crippen molar-refractivity contribution < 1.29 is 13.9 Å². The fourth-order valence-electron chi connectivity index (χ4n) is 1.39. The zero-order chi connectivity index (χ0) is 9.42. The van der Waals surface area contributed by atoms with Crippen LogP contribution in [0.15, 0.2) is 22.6 Å². The van der Waals surface area contributed by atoms with Gasteiger partial charge in [0.15, 0.2) is 0 Å². The van der Waals surface area contributed by atoms with Crippen LogP contribution in [0.2, 0.25) is 0 Å². The van der Waals surface area contributed by atoms with E-state index in [0.717, 1.165) is 10.9 Å². The summed E-state index contributed by atoms with van der Waals surface area (Å²) in [4.78, 5) is 0. The predicted molar refractivity (Wildman–Crippen MR) is 46.8 cm³/mol. The maximum absolute atomic E-state index is 12.8. The number of hydrogen-bond acceptors (Lipinski definition) is 2. The zero-order valence-corrected chi connectivity index (χ0v) is 7.17. The van der Waals surface area contributed by atoms with Crippen LogP contribution in [0.25, 0.3) is 11.0 Å². The lowest BCUT2D eigenvalue weighted by Gasteiger charge is -1.89. The minimum Gasteiger partial charge on any atom is -0.458 e. The van der Waals surface area contributed by atoms with Crippen LogP contribution in [-0.2, 0) is 6.61 Å². The van der Waals surface area contributed by atoms with Crippen LogP contribution < -0.4 is 0 Å². The molecule has 0 aliphatic carbocycles. The SMILES string of the molecule is Cc1c(CO)oc2ccc(F)cc12. The van der Waals surface area contributed by atoms with Gasteiger partial charge in [-0.1, -0.05) is 0 Å². The number of furan rings is 1. The topological polar surface area (TPSA) is 33.4 Å². The van der Waals surface area contributed by atoms with Gasteiger partial charge in [0.2, 0.25) is 0 Å². The average molecular weight is 180 g/mol. The largest absolute Gasteiger partial charge is 0.458 e. The second-order valence-corrected chi connectivity index (χ2v) is 2.95. The van der Waals surface area contributed by atoms with E-state index in [4.69, 9.17) is 9.52 Å². The van der Waals surface area contributed by atoms with Crippen molar-refractivity contribution in [1.29, 1.82) is 0 Å². The van der Waals surface area contributed by atoms with Gasteiger partial charge in [-0.3, -0.25) is 0 Å². The highest BCUT2D eigenvalue weighted by Crippen LogP contribution is 2.25. The normalized spacial score (nSPS) is 11.0. The number of fused-ring (bicyclic) bond motifs is 1. The molecule has 0 aliphatic rings. The standard InChI is InChI=1S/C10H9FO2/c1-6-8-4-7(11)2-3-9(8)13-10(6)5-12/h2-4,12H,5H2,1H3. The molecule has 1 aromatic carbocycles. The van der Waals surface area contributed by atoms with Crippen molar-refractivity contribution in [2.75, 3.05) is 0 Å². The molecule has 2 rings (SSSR count). The van der Waals surface area contributed by atoms with Crippen molar-refractivity contribution in [2.45, 2.75) is 13.5 Å². The third-order valence-corrected chi connectivity index (χ3v) is 2.14. The molecular weight excluding hydrogens is 171 g/mol. The Balaban J connectivity index is 2.77. The minimum atomic E-state index is -0.291. The zero-order valence-electron chi connectivity index (χ0n) is 7.17. The lowest BCUT2D eigenvalue weighted by molar-refractivity contribution is 0.250. The molecule has 1 N–H and O–H groups in total. The van der Waals surface area contributed by atoms with E-state index in [9.17, 15) is 4.39 Å². The summed E-state index contributed by atoms with van der Waals surface area (Å²) in [7, 11) is 0. The first kappa shape index (κ1) is 8.26. The summed E-state index contributed by atoms with van der Waals surface area (Å²) >= 11 is 0. The lowest BCUT2D eigenvalue weighted by atomic mass is 10.1. The second kappa shape index (κ2) is 2.85. The molecule has 1 aromatic heterocycles. The fraction of sp³-hybridized carbons (Fsp3) is 0.200. The summed E-state index contributed by atoms with van der Waals surface area (Å²) in [6.07, 6.45) is 0. The number of benzene rings is 1. The Morgan fingerprint density at radius 3 is 2.92 bits per heavy atom. The van der Waals surface area contributed by atoms with Gasteiger partial charge in [0, 0.05) is 10.9 Å². The predicted octanol–water partition coefficient (Wildman–Crippen LogP) is 2.37. The Kier molecular flexibility index (Phi) is 1.81. The number of aliphatic hydroxyl groups is 1. The van der Waals surface area contributed by atoms with Gasteiger partial charge in [0.1, 0.15) is 23.8 Å². The number of halogens is 1. The molecule has 0 radical (unpaired) electrons. The smallest absolute Gasteiger partial charge is 0.134 e. The van der Waals surface area contributed by atoms with Gasteiger partial charge in [-0.05, 0) is 25.1 Å². The van der Waals surface area contributed by atoms with E-state index in [1.807, 2.05) is 0 Å². The summed E-state index contributed by atoms with van der Waals surface area (Å²) in [5.41, 5.74) is 1.42. The molecule has 0 aliphatic heterocycles. The van der Waals surface area contributed by atoms with E-state index in [0.29, 0.717) is 11.3 Å². The molecule has 0 spiro atoms. The van der Waals surface area contributed by atoms with Crippen molar-refractivity contribution in [3.63, 3.8) is 0 Å². The fourth-order valence-corrected chi connectivity index (χ4v) is 1.39. The number of hydrogen-bond donors (Lipinski definition) is 1. The van der Waals surface area contributed by atoms with Crippen LogP contribution in [-0.4, -0.2) is 5.11 Å². The van der Waals surface area contributed by atoms with Gasteiger partial charge in [-0.2, -0.15) is 0 Å². The first-order valence-corrected chi connectivity index (χ1v) is 4.01. The van der Waals surface area contributed by atoms with E-state index >= 15 is 0 Å². The molecule has 0 unspecified atom stereocenters. The number of aryl methyl sites for hydroxylation is 1. The highest BCUT2D eigenvalue weighted by Gasteiger charge is 2.09. The van der Waals surface area contributed by atoms with Gasteiger partial charge in [0.05, 0.1) is 0 Å². The van der Waals surface area contributed by atoms with E-state index < -0.39 is 0 Å². The van der Waals surface area contributed by atoms with Gasteiger partial charge in [-0.25, -0.2) is 4.39 Å². The monoisotopic (exact) mass is 180 g/mol. The van der Waals surface area contributed by atoms with Crippen LogP contribution >= 0.6 is 0 Å². The van der Waals surface area contributed by atoms with Crippen LogP contribution in [0.4, 0.5) is 4.39 Å². The minimum absolute atomic E-state index is 0.151. The maximum Gasteiger partial charge on any atom is 0.134 e. The third-order valence-electron chi connectivity index (χ3n) is 2.14. The summed E-state index contributed by atoms with van der Waals surface area (Å²) < 4.78 is 18.1. The van der Waals surface area contributed by atoms with Gasteiger partial charge in [0.25, 0.3) is 0 Å². The lowest BCUT2D eigenvalue weighted by Crippen LogP contribution is -1.80. The Labute approximate surface area is 74.6 Å². The first-order valence-electron chi connectivity index (χ1n) is 4.01. The molecule has 0 saturated heterocycles. The van der Waals surface area contributed by atoms with Crippen molar-refractivity contribution >= 4 is 11.0 Å². The van der Waals surface area contributed by atoms with Crippen LogP contribution in [0.3, 0.4) is 0 Å². The van der Waals surface area contributed by atoms with E-state index in [-0.39, 0.29) is 12.4 Å². The molecule has 0 saturated carbocycles. The van der Waals surface area contributed by atoms with E-state index in [1.165, 1.54) is 12.1 Å². The van der Waals surface area contributed by atoms with Crippen molar-refractivity contribution in [3.8, 4) is 0 Å². The van der Waals surface area contributed by atoms with Gasteiger partial charge < -0.3 is 9.52 Å². The Morgan fingerprint density at radius 2 is 2.23 bits per heavy atom. The van der Waals surface area contributed by atoms with E-state index in [1.54, 1.807) is 13.0 Å². The summed E-state index contributed by atoms with van der Waals surface area (Å²) in [6.45, 7) is 1.65. The molecular formula is C10H9FO2. The Hall–Kier alpha value is -1.35. The Morgan fingerprint density at radius 1 is 1.46 bits per heavy atom. The maximum atomic E-state index is 12.8. The molecule has 0 bridgehead atoms. The van der Waals surface area contributed by atoms with Crippen molar-refractivity contribution in [1.82, 2.24) is 0 Å². The molecule has 0 fully saturated rings. The van der Waals surface area contributed by atoms with Crippen LogP contribution in [0.1, 0.15) is 11.3 Å². The molecule has 68 valence electrons.